The van der Waals surface area contributed by atoms with Crippen molar-refractivity contribution in [2.24, 2.45) is 11.8 Å². The Morgan fingerprint density at radius 1 is 0.754 bits per heavy atom. The number of aliphatic hydroxyl groups is 1. The highest BCUT2D eigenvalue weighted by Gasteiger charge is 2.49. The van der Waals surface area contributed by atoms with Crippen molar-refractivity contribution in [1.82, 2.24) is 10.6 Å². The molecule has 326 valence electrons. The molecule has 2 aromatic rings. The summed E-state index contributed by atoms with van der Waals surface area (Å²) in [5, 5.41) is 35.8. The maximum Gasteiger partial charge on any atom is 0.441 e. The molecule has 0 saturated carbocycles. The van der Waals surface area contributed by atoms with Crippen LogP contribution < -0.4 is 10.6 Å². The van der Waals surface area contributed by atoms with Crippen molar-refractivity contribution in [2.45, 2.75) is 103 Å². The fourth-order valence-electron chi connectivity index (χ4n) is 5.95. The van der Waals surface area contributed by atoms with Crippen LogP contribution in [0.1, 0.15) is 58.6 Å². The van der Waals surface area contributed by atoms with Gasteiger partial charge in [-0.25, -0.2) is 9.59 Å². The number of ketones is 2. The minimum absolute atomic E-state index is 0.0586. The number of nitrogens with zero attached hydrogens (tertiary/aromatic N) is 6. The van der Waals surface area contributed by atoms with Crippen LogP contribution in [0, 0.1) is 32.1 Å². The van der Waals surface area contributed by atoms with Gasteiger partial charge in [-0.1, -0.05) is 20.8 Å². The van der Waals surface area contributed by atoms with Crippen molar-refractivity contribution in [3.8, 4) is 0 Å². The highest BCUT2D eigenvalue weighted by molar-refractivity contribution is 6.74. The molecule has 2 aliphatic heterocycles. The SMILES string of the molecule is CC(O)C1C(=O)NC1CC(=O)C(=[N+]=[N-])C(=O)OCc1ccc([N+](=O)[O-])cc1.CC(O[Si](C)(C)C(C)(C)C)C1C(=O)NC1CC(=O)C(=[N+]=[N-])C(=O)OCc1ccc([N+](=O)[O-])cc1. The number of nitro benzene ring substituents is 2. The van der Waals surface area contributed by atoms with Gasteiger partial charge in [-0.3, -0.25) is 39.4 Å². The van der Waals surface area contributed by atoms with Gasteiger partial charge < -0.3 is 40.7 Å². The molecule has 0 aliphatic carbocycles. The van der Waals surface area contributed by atoms with Crippen LogP contribution in [0.15, 0.2) is 48.5 Å². The van der Waals surface area contributed by atoms with E-state index >= 15 is 0 Å². The number of β-lactam (4-membered cyclic amide) rings is 2. The van der Waals surface area contributed by atoms with Crippen LogP contribution in [0.4, 0.5) is 11.4 Å². The van der Waals surface area contributed by atoms with Gasteiger partial charge in [-0.05, 0) is 67.4 Å². The largest absolute Gasteiger partial charge is 0.452 e. The molecule has 0 bridgehead atoms. The zero-order valence-electron chi connectivity index (χ0n) is 34.3. The van der Waals surface area contributed by atoms with Crippen LogP contribution in [0.2, 0.25) is 18.1 Å². The number of esters is 2. The summed E-state index contributed by atoms with van der Waals surface area (Å²) in [5.74, 6) is -5.98. The van der Waals surface area contributed by atoms with Crippen LogP contribution in [0.25, 0.3) is 11.1 Å². The highest BCUT2D eigenvalue weighted by atomic mass is 28.4. The van der Waals surface area contributed by atoms with Crippen molar-refractivity contribution in [3.63, 3.8) is 0 Å². The Bertz CT molecular complexity index is 2160. The number of rotatable bonds is 18. The van der Waals surface area contributed by atoms with Crippen molar-refractivity contribution in [1.29, 1.82) is 0 Å². The molecule has 6 atom stereocenters. The smallest absolute Gasteiger partial charge is 0.441 e. The highest BCUT2D eigenvalue weighted by Crippen LogP contribution is 2.39. The molecule has 4 rings (SSSR count). The molecule has 2 aliphatic rings. The Labute approximate surface area is 349 Å². The van der Waals surface area contributed by atoms with Crippen molar-refractivity contribution < 1.29 is 67.2 Å². The van der Waals surface area contributed by atoms with E-state index in [-0.39, 0.29) is 48.4 Å². The standard InChI is InChI=1S/C22H30N4O7Si.C16H16N4O7/c1-13(33-34(5,6)22(2,3)4)18-16(24-20(18)28)11-17(27)19(25-23)21(29)32-12-14-7-9-15(10-8-14)26(30)31;1-8(21)13-11(18-15(13)23)6-12(22)14(19-17)16(24)27-7-9-2-4-10(5-3-9)20(25)26/h7-10,13,16,18H,11-12H2,1-6H3,(H,24,28);2-5,8,11,13,21H,6-7H2,1H3,(H,18,23). The fraction of sp³-hybridized carbons (Fsp3) is 0.474. The molecule has 2 aromatic carbocycles. The molecule has 23 heteroatoms. The van der Waals surface area contributed by atoms with Gasteiger partial charge in [0.1, 0.15) is 13.2 Å². The summed E-state index contributed by atoms with van der Waals surface area (Å²) in [6.07, 6.45) is -2.00. The summed E-state index contributed by atoms with van der Waals surface area (Å²) in [5.41, 5.74) is 17.2. The van der Waals surface area contributed by atoms with E-state index in [0.717, 1.165) is 0 Å². The van der Waals surface area contributed by atoms with Crippen molar-refractivity contribution >= 4 is 66.4 Å². The average Bonchev–Trinajstić information content (AvgIpc) is 3.15. The molecule has 0 spiro atoms. The summed E-state index contributed by atoms with van der Waals surface area (Å²) in [4.78, 5) is 98.2. The lowest BCUT2D eigenvalue weighted by molar-refractivity contribution is -0.385. The molecule has 22 nitrogen and oxygen atoms in total. The maximum absolute atomic E-state index is 12.6. The Morgan fingerprint density at radius 2 is 1.11 bits per heavy atom. The number of aliphatic hydroxyl groups excluding tert-OH is 1. The fourth-order valence-corrected chi connectivity index (χ4v) is 7.38. The first-order chi connectivity index (χ1) is 28.4. The average molecular weight is 867 g/mol. The number of carbonyl (C=O) groups is 6. The minimum atomic E-state index is -2.15. The second kappa shape index (κ2) is 20.6. The van der Waals surface area contributed by atoms with Crippen molar-refractivity contribution in [2.75, 3.05) is 0 Å². The van der Waals surface area contributed by atoms with Gasteiger partial charge in [-0.2, -0.15) is 9.58 Å². The van der Waals surface area contributed by atoms with Gasteiger partial charge in [0.2, 0.25) is 11.8 Å². The summed E-state index contributed by atoms with van der Waals surface area (Å²) in [6, 6.07) is 9.27. The van der Waals surface area contributed by atoms with Gasteiger partial charge >= 0.3 is 23.4 Å². The summed E-state index contributed by atoms with van der Waals surface area (Å²) >= 11 is 0. The Hall–Kier alpha value is -6.64. The number of amides is 2. The third-order valence-electron chi connectivity index (χ3n) is 10.4. The van der Waals surface area contributed by atoms with Crippen LogP contribution in [-0.4, -0.2) is 104 Å². The van der Waals surface area contributed by atoms with E-state index in [0.29, 0.717) is 11.1 Å². The zero-order chi connectivity index (χ0) is 46.0. The Morgan fingerprint density at radius 3 is 1.41 bits per heavy atom. The third kappa shape index (κ3) is 12.7. The predicted molar refractivity (Wildman–Crippen MR) is 213 cm³/mol. The van der Waals surface area contributed by atoms with Gasteiger partial charge in [-0.15, -0.1) is 0 Å². The molecule has 2 fully saturated rings. The molecule has 2 heterocycles. The topological polar surface area (TPSA) is 333 Å². The first-order valence-electron chi connectivity index (χ1n) is 18.7. The van der Waals surface area contributed by atoms with Gasteiger partial charge in [0.05, 0.1) is 46.0 Å². The lowest BCUT2D eigenvalue weighted by Gasteiger charge is -2.45. The van der Waals surface area contributed by atoms with Crippen LogP contribution in [0.5, 0.6) is 0 Å². The number of carbonyl (C=O) groups excluding carboxylic acids is 6. The quantitative estimate of drug-likeness (QED) is 0.0223. The van der Waals surface area contributed by atoms with Crippen LogP contribution in [-0.2, 0) is 55.9 Å². The first kappa shape index (κ1) is 48.7. The lowest BCUT2D eigenvalue weighted by atomic mass is 9.82. The van der Waals surface area contributed by atoms with Gasteiger partial charge in [0.15, 0.2) is 8.32 Å². The van der Waals surface area contributed by atoms with E-state index in [2.05, 4.69) is 54.1 Å². The van der Waals surface area contributed by atoms with Gasteiger partial charge in [0, 0.05) is 37.1 Å². The first-order valence-corrected chi connectivity index (χ1v) is 21.6. The van der Waals surface area contributed by atoms with Gasteiger partial charge in [0.25, 0.3) is 22.9 Å². The van der Waals surface area contributed by atoms with E-state index in [4.69, 9.17) is 19.4 Å². The summed E-state index contributed by atoms with van der Waals surface area (Å²) in [6.45, 7) is 13.0. The lowest BCUT2D eigenvalue weighted by Crippen LogP contribution is -2.64. The van der Waals surface area contributed by atoms with Crippen LogP contribution in [0.3, 0.4) is 0 Å². The molecule has 6 unspecified atom stereocenters. The third-order valence-corrected chi connectivity index (χ3v) is 15.0. The molecule has 0 aromatic heterocycles. The van der Waals surface area contributed by atoms with E-state index in [9.17, 15) is 59.6 Å². The summed E-state index contributed by atoms with van der Waals surface area (Å²) < 4.78 is 16.2. The molecule has 61 heavy (non-hydrogen) atoms. The second-order valence-corrected chi connectivity index (χ2v) is 20.5. The van der Waals surface area contributed by atoms with E-state index in [1.54, 1.807) is 6.92 Å². The van der Waals surface area contributed by atoms with E-state index < -0.39 is 95.1 Å². The normalized spacial score (nSPS) is 18.9. The number of nitrogens with one attached hydrogen (secondary N) is 2. The number of benzene rings is 2. The number of hydrogen-bond acceptors (Lipinski definition) is 14. The van der Waals surface area contributed by atoms with E-state index in [1.807, 2.05) is 0 Å². The monoisotopic (exact) mass is 866 g/mol. The molecule has 0 radical (unpaired) electrons. The molecule has 2 amide bonds. The summed E-state index contributed by atoms with van der Waals surface area (Å²) in [7, 11) is -2.15. The Kier molecular flexibility index (Phi) is 16.4. The second-order valence-electron chi connectivity index (χ2n) is 15.8. The number of Topliss-reactive ketones (excluding diaryl/α,β-unsaturated/α-hetero) is 2. The maximum atomic E-state index is 12.6. The minimum Gasteiger partial charge on any atom is -0.452 e. The number of ether oxygens (including phenoxy) is 2. The number of non-ortho nitro benzene ring substituents is 2. The predicted octanol–water partition coefficient (Wildman–Crippen LogP) is 2.56. The molecular formula is C38H46N8O14Si. The number of nitro groups is 2. The van der Waals surface area contributed by atoms with E-state index in [1.165, 1.54) is 55.5 Å². The van der Waals surface area contributed by atoms with Crippen LogP contribution >= 0.6 is 0 Å². The molecule has 3 N–H and O–H groups in total. The number of hydrogen-bond donors (Lipinski definition) is 3. The molecule has 2 saturated heterocycles. The zero-order valence-corrected chi connectivity index (χ0v) is 35.3. The van der Waals surface area contributed by atoms with Crippen molar-refractivity contribution in [3.05, 3.63) is 90.9 Å². The molecular weight excluding hydrogens is 821 g/mol. The Balaban J connectivity index is 0.000000334.